The minimum atomic E-state index is 0.312. The van der Waals surface area contributed by atoms with E-state index in [0.717, 1.165) is 49.6 Å². The first-order valence-electron chi connectivity index (χ1n) is 11.9. The highest BCUT2D eigenvalue weighted by atomic mass is 16.5. The predicted octanol–water partition coefficient (Wildman–Crippen LogP) is 8.40. The van der Waals surface area contributed by atoms with Crippen LogP contribution in [-0.4, -0.2) is 18.3 Å². The molecule has 0 fully saturated rings. The Morgan fingerprint density at radius 2 is 1.55 bits per heavy atom. The number of unbranched alkanes of at least 4 members (excludes halogenated alkanes) is 9. The maximum atomic E-state index is 9.43. The van der Waals surface area contributed by atoms with Crippen LogP contribution in [0.5, 0.6) is 0 Å². The standard InChI is InChI=1S/C28H42O3/c1-4-25(2)17-15-18-26(3)30-23-13-11-9-7-5-6-8-10-12-14-24-31-28-20-16-19-27(29)21-22-28/h4,15,18-22,29H,1,5-14,16,23-24H2,2-3H3/b26-18+. The van der Waals surface area contributed by atoms with Crippen molar-refractivity contribution in [3.63, 3.8) is 0 Å². The number of aliphatic hydroxyl groups excluding tert-OH is 1. The lowest BCUT2D eigenvalue weighted by Gasteiger charge is -2.07. The summed E-state index contributed by atoms with van der Waals surface area (Å²) in [4.78, 5) is 0. The van der Waals surface area contributed by atoms with E-state index in [4.69, 9.17) is 9.47 Å². The zero-order valence-corrected chi connectivity index (χ0v) is 19.7. The molecule has 3 heteroatoms. The lowest BCUT2D eigenvalue weighted by atomic mass is 10.1. The van der Waals surface area contributed by atoms with E-state index in [1.165, 1.54) is 51.4 Å². The highest BCUT2D eigenvalue weighted by Gasteiger charge is 1.99. The highest BCUT2D eigenvalue weighted by molar-refractivity contribution is 5.25. The van der Waals surface area contributed by atoms with Crippen molar-refractivity contribution in [2.45, 2.75) is 84.5 Å². The maximum absolute atomic E-state index is 9.43. The molecular weight excluding hydrogens is 384 g/mol. The van der Waals surface area contributed by atoms with Crippen molar-refractivity contribution in [2.24, 2.45) is 0 Å². The number of hydrogen-bond acceptors (Lipinski definition) is 3. The molecule has 0 aromatic heterocycles. The number of hydrogen-bond donors (Lipinski definition) is 1. The molecule has 0 heterocycles. The Morgan fingerprint density at radius 1 is 0.935 bits per heavy atom. The van der Waals surface area contributed by atoms with Crippen molar-refractivity contribution in [1.29, 1.82) is 0 Å². The summed E-state index contributed by atoms with van der Waals surface area (Å²) in [6.07, 6.45) is 26.3. The highest BCUT2D eigenvalue weighted by Crippen LogP contribution is 2.13. The Kier molecular flexibility index (Phi) is 15.8. The maximum Gasteiger partial charge on any atom is 0.115 e. The van der Waals surface area contributed by atoms with E-state index < -0.39 is 0 Å². The molecule has 1 aliphatic rings. The molecule has 0 radical (unpaired) electrons. The molecule has 172 valence electrons. The van der Waals surface area contributed by atoms with Gasteiger partial charge in [-0.1, -0.05) is 64.0 Å². The molecule has 0 aromatic carbocycles. The van der Waals surface area contributed by atoms with Crippen LogP contribution < -0.4 is 0 Å². The van der Waals surface area contributed by atoms with Crippen LogP contribution in [0.1, 0.15) is 84.5 Å². The topological polar surface area (TPSA) is 38.7 Å². The fourth-order valence-electron chi connectivity index (χ4n) is 3.15. The number of ether oxygens (including phenoxy) is 2. The summed E-state index contributed by atoms with van der Waals surface area (Å²) in [6, 6.07) is 0. The largest absolute Gasteiger partial charge is 0.508 e. The third-order valence-electron chi connectivity index (χ3n) is 5.14. The van der Waals surface area contributed by atoms with Gasteiger partial charge in [-0.2, -0.15) is 0 Å². The van der Waals surface area contributed by atoms with Gasteiger partial charge < -0.3 is 14.6 Å². The van der Waals surface area contributed by atoms with Gasteiger partial charge in [0.15, 0.2) is 0 Å². The number of rotatable bonds is 17. The summed E-state index contributed by atoms with van der Waals surface area (Å²) in [7, 11) is 0. The van der Waals surface area contributed by atoms with Crippen LogP contribution in [0.2, 0.25) is 0 Å². The molecule has 3 nitrogen and oxygen atoms in total. The summed E-state index contributed by atoms with van der Waals surface area (Å²) in [5.41, 5.74) is 4.15. The van der Waals surface area contributed by atoms with Crippen molar-refractivity contribution >= 4 is 0 Å². The SMILES string of the molecule is C=CC(C)=C=C/C=C(\C)OCCCCCCCCCCCCOC1=CCC=C(O)C=C1. The number of allylic oxidation sites excluding steroid dienone is 8. The molecule has 0 saturated carbocycles. The van der Waals surface area contributed by atoms with E-state index in [-0.39, 0.29) is 0 Å². The van der Waals surface area contributed by atoms with Crippen LogP contribution in [0.25, 0.3) is 0 Å². The zero-order valence-electron chi connectivity index (χ0n) is 19.7. The molecule has 1 aliphatic carbocycles. The van der Waals surface area contributed by atoms with Gasteiger partial charge in [0.2, 0.25) is 0 Å². The Bertz CT molecular complexity index is 685. The fraction of sp³-hybridized carbons (Fsp3) is 0.536. The molecule has 0 aromatic rings. The normalized spacial score (nSPS) is 13.5. The van der Waals surface area contributed by atoms with Crippen molar-refractivity contribution in [3.05, 3.63) is 77.7 Å². The minimum Gasteiger partial charge on any atom is -0.508 e. The average Bonchev–Trinajstić information content (AvgIpc) is 2.97. The number of aliphatic hydroxyl groups is 1. The third kappa shape index (κ3) is 16.0. The van der Waals surface area contributed by atoms with Gasteiger partial charge in [0.05, 0.1) is 19.0 Å². The fourth-order valence-corrected chi connectivity index (χ4v) is 3.15. The van der Waals surface area contributed by atoms with Gasteiger partial charge in [0.1, 0.15) is 11.5 Å². The van der Waals surface area contributed by atoms with Gasteiger partial charge in [-0.25, -0.2) is 0 Å². The molecule has 0 atom stereocenters. The van der Waals surface area contributed by atoms with E-state index >= 15 is 0 Å². The van der Waals surface area contributed by atoms with Crippen LogP contribution >= 0.6 is 0 Å². The van der Waals surface area contributed by atoms with Gasteiger partial charge in [-0.3, -0.25) is 0 Å². The van der Waals surface area contributed by atoms with Crippen LogP contribution in [-0.2, 0) is 9.47 Å². The summed E-state index contributed by atoms with van der Waals surface area (Å²) in [6.45, 7) is 9.23. The van der Waals surface area contributed by atoms with E-state index in [9.17, 15) is 5.11 Å². The molecule has 0 spiro atoms. The summed E-state index contributed by atoms with van der Waals surface area (Å²) in [5.74, 6) is 2.12. The van der Waals surface area contributed by atoms with Crippen molar-refractivity contribution in [2.75, 3.05) is 13.2 Å². The Labute approximate surface area is 190 Å². The summed E-state index contributed by atoms with van der Waals surface area (Å²) in [5, 5.41) is 9.43. The Hall–Kier alpha value is -2.38. The monoisotopic (exact) mass is 426 g/mol. The predicted molar refractivity (Wildman–Crippen MR) is 132 cm³/mol. The van der Waals surface area contributed by atoms with Crippen molar-refractivity contribution < 1.29 is 14.6 Å². The molecule has 0 unspecified atom stereocenters. The smallest absolute Gasteiger partial charge is 0.115 e. The molecule has 31 heavy (non-hydrogen) atoms. The quantitative estimate of drug-likeness (QED) is 0.110. The van der Waals surface area contributed by atoms with E-state index in [1.807, 2.05) is 38.2 Å². The van der Waals surface area contributed by atoms with Crippen LogP contribution in [0.4, 0.5) is 0 Å². The molecule has 1 rings (SSSR count). The zero-order chi connectivity index (χ0) is 22.6. The van der Waals surface area contributed by atoms with Gasteiger partial charge >= 0.3 is 0 Å². The first-order valence-corrected chi connectivity index (χ1v) is 11.9. The van der Waals surface area contributed by atoms with Gasteiger partial charge in [0.25, 0.3) is 0 Å². The van der Waals surface area contributed by atoms with Gasteiger partial charge in [-0.15, -0.1) is 5.73 Å². The molecule has 0 bridgehead atoms. The molecule has 0 amide bonds. The van der Waals surface area contributed by atoms with Gasteiger partial charge in [-0.05, 0) is 75.1 Å². The van der Waals surface area contributed by atoms with Crippen LogP contribution in [0, 0.1) is 0 Å². The minimum absolute atomic E-state index is 0.312. The third-order valence-corrected chi connectivity index (χ3v) is 5.14. The Balaban J connectivity index is 1.86. The first kappa shape index (κ1) is 26.7. The Morgan fingerprint density at radius 3 is 2.19 bits per heavy atom. The van der Waals surface area contributed by atoms with E-state index in [2.05, 4.69) is 12.3 Å². The second-order valence-electron chi connectivity index (χ2n) is 8.01. The van der Waals surface area contributed by atoms with Gasteiger partial charge in [0, 0.05) is 0 Å². The van der Waals surface area contributed by atoms with Crippen LogP contribution in [0.15, 0.2) is 77.7 Å². The molecule has 0 aliphatic heterocycles. The van der Waals surface area contributed by atoms with E-state index in [1.54, 1.807) is 18.2 Å². The summed E-state index contributed by atoms with van der Waals surface area (Å²) >= 11 is 0. The molecular formula is C28H42O3. The second-order valence-corrected chi connectivity index (χ2v) is 8.01. The summed E-state index contributed by atoms with van der Waals surface area (Å²) < 4.78 is 11.5. The van der Waals surface area contributed by atoms with Crippen LogP contribution in [0.3, 0.4) is 0 Å². The van der Waals surface area contributed by atoms with Crippen molar-refractivity contribution in [1.82, 2.24) is 0 Å². The molecule has 1 N–H and O–H groups in total. The van der Waals surface area contributed by atoms with E-state index in [0.29, 0.717) is 5.76 Å². The molecule has 0 saturated heterocycles. The van der Waals surface area contributed by atoms with Crippen molar-refractivity contribution in [3.8, 4) is 0 Å². The lowest BCUT2D eigenvalue weighted by molar-refractivity contribution is 0.207. The average molecular weight is 427 g/mol. The lowest BCUT2D eigenvalue weighted by Crippen LogP contribution is -1.93. The second kappa shape index (κ2) is 18.4. The first-order chi connectivity index (χ1) is 15.1.